The molecule has 8 nitrogen and oxygen atoms in total. The zero-order valence-electron chi connectivity index (χ0n) is 16.8. The van der Waals surface area contributed by atoms with Crippen LogP contribution < -0.4 is 10.6 Å². The molecule has 30 heavy (non-hydrogen) atoms. The fourth-order valence-electron chi connectivity index (χ4n) is 3.49. The maximum Gasteiger partial charge on any atom is 0.418 e. The molecule has 2 aromatic rings. The SMILES string of the molecule is C=C/C=C\C(=C/C)OC(=O)Nc1cc(N[C@@H]2CCCC[C@@H]2CO)nc2c(Br)cnn12. The summed E-state index contributed by atoms with van der Waals surface area (Å²) in [4.78, 5) is 17.1. The summed E-state index contributed by atoms with van der Waals surface area (Å²) in [5.74, 6) is 1.59. The van der Waals surface area contributed by atoms with E-state index in [0.717, 1.165) is 25.7 Å². The molecule has 9 heteroatoms. The Morgan fingerprint density at radius 3 is 3.00 bits per heavy atom. The third-order valence-corrected chi connectivity index (χ3v) is 5.59. The first-order chi connectivity index (χ1) is 14.5. The number of rotatable bonds is 7. The van der Waals surface area contributed by atoms with Gasteiger partial charge in [0.05, 0.1) is 10.7 Å². The van der Waals surface area contributed by atoms with Crippen molar-refractivity contribution in [1.29, 1.82) is 0 Å². The van der Waals surface area contributed by atoms with E-state index in [-0.39, 0.29) is 18.6 Å². The summed E-state index contributed by atoms with van der Waals surface area (Å²) in [5.41, 5.74) is 0.560. The lowest BCUT2D eigenvalue weighted by atomic mass is 9.85. The maximum absolute atomic E-state index is 12.4. The Morgan fingerprint density at radius 2 is 2.27 bits per heavy atom. The van der Waals surface area contributed by atoms with Crippen LogP contribution in [0.25, 0.3) is 5.65 Å². The molecule has 0 spiro atoms. The predicted octanol–water partition coefficient (Wildman–Crippen LogP) is 4.65. The van der Waals surface area contributed by atoms with E-state index in [4.69, 9.17) is 4.74 Å². The monoisotopic (exact) mass is 475 g/mol. The van der Waals surface area contributed by atoms with E-state index in [1.165, 1.54) is 4.52 Å². The van der Waals surface area contributed by atoms with Gasteiger partial charge in [-0.15, -0.1) is 0 Å². The summed E-state index contributed by atoms with van der Waals surface area (Å²) < 4.78 is 7.56. The Kier molecular flexibility index (Phi) is 7.64. The molecule has 0 unspecified atom stereocenters. The van der Waals surface area contributed by atoms with Gasteiger partial charge in [0, 0.05) is 24.6 Å². The molecule has 0 bridgehead atoms. The van der Waals surface area contributed by atoms with Gasteiger partial charge in [-0.2, -0.15) is 9.61 Å². The van der Waals surface area contributed by atoms with Crippen LogP contribution in [0.5, 0.6) is 0 Å². The third kappa shape index (κ3) is 5.28. The summed E-state index contributed by atoms with van der Waals surface area (Å²) in [6.45, 7) is 5.51. The molecule has 0 saturated heterocycles. The molecule has 2 aromatic heterocycles. The second-order valence-electron chi connectivity index (χ2n) is 7.03. The van der Waals surface area contributed by atoms with Crippen molar-refractivity contribution in [1.82, 2.24) is 14.6 Å². The average molecular weight is 476 g/mol. The van der Waals surface area contributed by atoms with Gasteiger partial charge in [0.2, 0.25) is 0 Å². The number of aromatic nitrogens is 3. The molecule has 0 aromatic carbocycles. The topological polar surface area (TPSA) is 101 Å². The van der Waals surface area contributed by atoms with Gasteiger partial charge in [-0.1, -0.05) is 31.6 Å². The molecular weight excluding hydrogens is 450 g/mol. The number of amides is 1. The summed E-state index contributed by atoms with van der Waals surface area (Å²) in [6.07, 6.45) is 11.7. The highest BCUT2D eigenvalue weighted by molar-refractivity contribution is 9.10. The minimum Gasteiger partial charge on any atom is -0.410 e. The summed E-state index contributed by atoms with van der Waals surface area (Å²) in [7, 11) is 0. The van der Waals surface area contributed by atoms with Crippen LogP contribution in [0.4, 0.5) is 16.4 Å². The standard InChI is InChI=1S/C21H26BrN5O3/c1-3-5-9-15(4-2)30-21(29)26-19-11-18(25-20-16(22)12-23-27(19)20)24-17-10-7-6-8-14(17)13-28/h3-5,9,11-12,14,17,28H,1,6-8,10,13H2,2H3,(H,24,25)(H,26,29)/b9-5-,15-4+/t14-,17-/m1/s1. The van der Waals surface area contributed by atoms with Crippen LogP contribution in [0.15, 0.2) is 53.4 Å². The molecule has 3 rings (SSSR count). The first kappa shape index (κ1) is 22.0. The summed E-state index contributed by atoms with van der Waals surface area (Å²) in [5, 5.41) is 20.1. The van der Waals surface area contributed by atoms with Crippen molar-refractivity contribution in [3.63, 3.8) is 0 Å². The Balaban J connectivity index is 1.84. The lowest BCUT2D eigenvalue weighted by Gasteiger charge is -2.31. The number of anilines is 2. The quantitative estimate of drug-likeness (QED) is 0.397. The number of allylic oxidation sites excluding steroid dienone is 4. The van der Waals surface area contributed by atoms with Gasteiger partial charge in [0.25, 0.3) is 0 Å². The Labute approximate surface area is 183 Å². The zero-order chi connectivity index (χ0) is 21.5. The van der Waals surface area contributed by atoms with Gasteiger partial charge in [0.15, 0.2) is 5.65 Å². The molecular formula is C21H26BrN5O3. The number of nitrogens with zero attached hydrogens (tertiary/aromatic N) is 3. The minimum absolute atomic E-state index is 0.124. The number of aliphatic hydroxyl groups excluding tert-OH is 1. The average Bonchev–Trinajstić information content (AvgIpc) is 3.12. The lowest BCUT2D eigenvalue weighted by molar-refractivity contribution is 0.178. The van der Waals surface area contributed by atoms with Gasteiger partial charge < -0.3 is 15.2 Å². The van der Waals surface area contributed by atoms with Gasteiger partial charge in [-0.05, 0) is 47.8 Å². The van der Waals surface area contributed by atoms with Crippen LogP contribution >= 0.6 is 15.9 Å². The Hall–Kier alpha value is -2.65. The number of hydrogen-bond donors (Lipinski definition) is 3. The number of carbonyl (C=O) groups excluding carboxylic acids is 1. The van der Waals surface area contributed by atoms with Crippen molar-refractivity contribution in [2.24, 2.45) is 5.92 Å². The van der Waals surface area contributed by atoms with Crippen molar-refractivity contribution in [3.8, 4) is 0 Å². The smallest absolute Gasteiger partial charge is 0.410 e. The van der Waals surface area contributed by atoms with Crippen LogP contribution in [0.3, 0.4) is 0 Å². The van der Waals surface area contributed by atoms with E-state index in [2.05, 4.69) is 43.2 Å². The fourth-order valence-corrected chi connectivity index (χ4v) is 3.84. The number of ether oxygens (including phenoxy) is 1. The zero-order valence-corrected chi connectivity index (χ0v) is 18.4. The van der Waals surface area contributed by atoms with Crippen LogP contribution in [-0.2, 0) is 4.74 Å². The number of halogens is 1. The second kappa shape index (κ2) is 10.4. The molecule has 1 aliphatic rings. The van der Waals surface area contributed by atoms with Crippen molar-refractivity contribution in [2.75, 3.05) is 17.2 Å². The molecule has 1 aliphatic carbocycles. The number of aliphatic hydroxyl groups is 1. The van der Waals surface area contributed by atoms with Crippen LogP contribution in [0, 0.1) is 5.92 Å². The van der Waals surface area contributed by atoms with Crippen LogP contribution in [0.1, 0.15) is 32.6 Å². The van der Waals surface area contributed by atoms with Crippen LogP contribution in [0.2, 0.25) is 0 Å². The molecule has 1 amide bonds. The maximum atomic E-state index is 12.4. The Morgan fingerprint density at radius 1 is 1.47 bits per heavy atom. The predicted molar refractivity (Wildman–Crippen MR) is 120 cm³/mol. The lowest BCUT2D eigenvalue weighted by Crippen LogP contribution is -2.34. The van der Waals surface area contributed by atoms with Crippen LogP contribution in [-0.4, -0.2) is 38.4 Å². The largest absolute Gasteiger partial charge is 0.418 e. The van der Waals surface area contributed by atoms with Crippen molar-refractivity contribution in [3.05, 3.63) is 53.4 Å². The van der Waals surface area contributed by atoms with E-state index >= 15 is 0 Å². The number of carbonyl (C=O) groups is 1. The normalized spacial score (nSPS) is 19.8. The van der Waals surface area contributed by atoms with E-state index < -0.39 is 6.09 Å². The Bertz CT molecular complexity index is 969. The summed E-state index contributed by atoms with van der Waals surface area (Å²) >= 11 is 3.45. The highest BCUT2D eigenvalue weighted by Crippen LogP contribution is 2.28. The van der Waals surface area contributed by atoms with E-state index in [1.807, 2.05) is 0 Å². The molecule has 160 valence electrons. The molecule has 0 radical (unpaired) electrons. The van der Waals surface area contributed by atoms with Crippen molar-refractivity contribution in [2.45, 2.75) is 38.6 Å². The first-order valence-corrected chi connectivity index (χ1v) is 10.7. The van der Waals surface area contributed by atoms with Gasteiger partial charge >= 0.3 is 6.09 Å². The molecule has 3 N–H and O–H groups in total. The van der Waals surface area contributed by atoms with Gasteiger partial charge in [0.1, 0.15) is 17.4 Å². The molecule has 1 saturated carbocycles. The van der Waals surface area contributed by atoms with E-state index in [1.54, 1.807) is 43.5 Å². The number of hydrogen-bond acceptors (Lipinski definition) is 6. The number of fused-ring (bicyclic) bond motifs is 1. The highest BCUT2D eigenvalue weighted by atomic mass is 79.9. The van der Waals surface area contributed by atoms with Gasteiger partial charge in [-0.25, -0.2) is 9.78 Å². The highest BCUT2D eigenvalue weighted by Gasteiger charge is 2.25. The molecule has 2 heterocycles. The third-order valence-electron chi connectivity index (χ3n) is 5.03. The van der Waals surface area contributed by atoms with E-state index in [9.17, 15) is 9.90 Å². The fraction of sp³-hybridized carbons (Fsp3) is 0.381. The van der Waals surface area contributed by atoms with E-state index in [0.29, 0.717) is 27.5 Å². The van der Waals surface area contributed by atoms with Crippen molar-refractivity contribution < 1.29 is 14.6 Å². The first-order valence-electron chi connectivity index (χ1n) is 9.91. The molecule has 0 aliphatic heterocycles. The minimum atomic E-state index is -0.646. The summed E-state index contributed by atoms with van der Waals surface area (Å²) in [6, 6.07) is 1.84. The van der Waals surface area contributed by atoms with Crippen molar-refractivity contribution >= 4 is 39.3 Å². The molecule has 2 atom stereocenters. The second-order valence-corrected chi connectivity index (χ2v) is 7.89. The molecule has 1 fully saturated rings. The van der Waals surface area contributed by atoms with Gasteiger partial charge in [-0.3, -0.25) is 5.32 Å². The number of nitrogens with one attached hydrogen (secondary N) is 2.